The van der Waals surface area contributed by atoms with Crippen molar-refractivity contribution < 1.29 is 28.2 Å². The minimum absolute atomic E-state index is 0.0119. The standard InChI is InChI=1S/C18H14ClFN2O5/c19-12-2-1-3-13(20)16(12)17(23)21-7-11-8-22(18(24)27-11)10-4-5-14-15(6-10)26-9-25-14/h1-6,11H,7-9H2,(H,21,23)/t11-/m0/s1. The number of nitrogens with zero attached hydrogens (tertiary/aromatic N) is 1. The molecule has 2 aliphatic rings. The molecule has 27 heavy (non-hydrogen) atoms. The van der Waals surface area contributed by atoms with Crippen LogP contribution in [-0.4, -0.2) is 38.0 Å². The van der Waals surface area contributed by atoms with E-state index in [9.17, 15) is 14.0 Å². The quantitative estimate of drug-likeness (QED) is 0.865. The van der Waals surface area contributed by atoms with Gasteiger partial charge in [-0.3, -0.25) is 9.69 Å². The van der Waals surface area contributed by atoms with Crippen molar-refractivity contribution in [3.8, 4) is 11.5 Å². The number of nitrogens with one attached hydrogen (secondary N) is 1. The normalized spacial score (nSPS) is 17.8. The number of carbonyl (C=O) groups excluding carboxylic acids is 2. The average molecular weight is 393 g/mol. The molecule has 4 rings (SSSR count). The number of amides is 2. The molecule has 0 bridgehead atoms. The Hall–Kier alpha value is -3.00. The van der Waals surface area contributed by atoms with Gasteiger partial charge in [-0.15, -0.1) is 0 Å². The molecular weight excluding hydrogens is 379 g/mol. The number of cyclic esters (lactones) is 1. The first kappa shape index (κ1) is 17.4. The summed E-state index contributed by atoms with van der Waals surface area (Å²) in [4.78, 5) is 25.8. The summed E-state index contributed by atoms with van der Waals surface area (Å²) in [5.74, 6) is -0.232. The third-order valence-electron chi connectivity index (χ3n) is 4.22. The molecule has 0 radical (unpaired) electrons. The lowest BCUT2D eigenvalue weighted by Crippen LogP contribution is -2.35. The number of anilines is 1. The maximum absolute atomic E-state index is 13.8. The predicted molar refractivity (Wildman–Crippen MR) is 93.9 cm³/mol. The van der Waals surface area contributed by atoms with Crippen LogP contribution in [0, 0.1) is 5.82 Å². The van der Waals surface area contributed by atoms with Crippen molar-refractivity contribution in [2.75, 3.05) is 24.8 Å². The first-order valence-electron chi connectivity index (χ1n) is 8.13. The molecule has 0 saturated carbocycles. The zero-order valence-corrected chi connectivity index (χ0v) is 14.7. The Balaban J connectivity index is 1.40. The summed E-state index contributed by atoms with van der Waals surface area (Å²) in [6.07, 6.45) is -1.13. The van der Waals surface area contributed by atoms with Crippen LogP contribution in [0.15, 0.2) is 36.4 Å². The van der Waals surface area contributed by atoms with E-state index in [0.29, 0.717) is 17.2 Å². The number of hydrogen-bond donors (Lipinski definition) is 1. The van der Waals surface area contributed by atoms with E-state index in [1.54, 1.807) is 18.2 Å². The van der Waals surface area contributed by atoms with E-state index in [1.165, 1.54) is 17.0 Å². The fourth-order valence-electron chi connectivity index (χ4n) is 2.90. The van der Waals surface area contributed by atoms with Gasteiger partial charge in [0.1, 0.15) is 11.9 Å². The molecular formula is C18H14ClFN2O5. The molecule has 0 aromatic heterocycles. The molecule has 7 nitrogen and oxygen atoms in total. The first-order chi connectivity index (χ1) is 13.0. The summed E-state index contributed by atoms with van der Waals surface area (Å²) in [6.45, 7) is 0.385. The fourth-order valence-corrected chi connectivity index (χ4v) is 3.15. The lowest BCUT2D eigenvalue weighted by Gasteiger charge is -2.14. The highest BCUT2D eigenvalue weighted by molar-refractivity contribution is 6.33. The number of carbonyl (C=O) groups is 2. The zero-order chi connectivity index (χ0) is 19.0. The van der Waals surface area contributed by atoms with Gasteiger partial charge in [-0.25, -0.2) is 9.18 Å². The minimum Gasteiger partial charge on any atom is -0.454 e. The van der Waals surface area contributed by atoms with Crippen LogP contribution in [-0.2, 0) is 4.74 Å². The smallest absolute Gasteiger partial charge is 0.414 e. The third kappa shape index (κ3) is 3.35. The second-order valence-electron chi connectivity index (χ2n) is 5.96. The monoisotopic (exact) mass is 392 g/mol. The Labute approximate surface area is 158 Å². The first-order valence-corrected chi connectivity index (χ1v) is 8.51. The number of ether oxygens (including phenoxy) is 3. The summed E-state index contributed by atoms with van der Waals surface area (Å²) in [7, 11) is 0. The number of rotatable bonds is 4. The summed E-state index contributed by atoms with van der Waals surface area (Å²) in [5.41, 5.74) is 0.353. The van der Waals surface area contributed by atoms with E-state index < -0.39 is 23.9 Å². The van der Waals surface area contributed by atoms with Crippen molar-refractivity contribution in [3.63, 3.8) is 0 Å². The van der Waals surface area contributed by atoms with E-state index in [-0.39, 0.29) is 30.5 Å². The van der Waals surface area contributed by atoms with Gasteiger partial charge in [-0.1, -0.05) is 17.7 Å². The maximum Gasteiger partial charge on any atom is 0.414 e. The van der Waals surface area contributed by atoms with Crippen LogP contribution in [0.5, 0.6) is 11.5 Å². The summed E-state index contributed by atoms with van der Waals surface area (Å²) in [5, 5.41) is 2.56. The topological polar surface area (TPSA) is 77.1 Å². The van der Waals surface area contributed by atoms with Crippen molar-refractivity contribution in [3.05, 3.63) is 52.8 Å². The molecule has 1 atom stereocenters. The van der Waals surface area contributed by atoms with Crippen LogP contribution in [0.2, 0.25) is 5.02 Å². The van der Waals surface area contributed by atoms with Crippen molar-refractivity contribution >= 4 is 29.3 Å². The highest BCUT2D eigenvalue weighted by Crippen LogP contribution is 2.36. The predicted octanol–water partition coefficient (Wildman–Crippen LogP) is 2.96. The Bertz CT molecular complexity index is 902. The van der Waals surface area contributed by atoms with E-state index in [0.717, 1.165) is 6.07 Å². The van der Waals surface area contributed by atoms with Gasteiger partial charge in [-0.2, -0.15) is 0 Å². The van der Waals surface area contributed by atoms with Crippen molar-refractivity contribution in [2.45, 2.75) is 6.10 Å². The van der Waals surface area contributed by atoms with Crippen LogP contribution in [0.4, 0.5) is 14.9 Å². The van der Waals surface area contributed by atoms with Crippen LogP contribution < -0.4 is 19.7 Å². The molecule has 2 aromatic rings. The van der Waals surface area contributed by atoms with Crippen molar-refractivity contribution in [1.29, 1.82) is 0 Å². The van der Waals surface area contributed by atoms with E-state index >= 15 is 0 Å². The van der Waals surface area contributed by atoms with Gasteiger partial charge in [-0.05, 0) is 24.3 Å². The van der Waals surface area contributed by atoms with Crippen LogP contribution >= 0.6 is 11.6 Å². The van der Waals surface area contributed by atoms with Gasteiger partial charge in [0.05, 0.1) is 29.4 Å². The Morgan fingerprint density at radius 1 is 1.26 bits per heavy atom. The molecule has 2 aromatic carbocycles. The van der Waals surface area contributed by atoms with E-state index in [4.69, 9.17) is 25.8 Å². The van der Waals surface area contributed by atoms with Gasteiger partial charge in [0.25, 0.3) is 5.91 Å². The van der Waals surface area contributed by atoms with Crippen LogP contribution in [0.25, 0.3) is 0 Å². The molecule has 0 unspecified atom stereocenters. The lowest BCUT2D eigenvalue weighted by atomic mass is 10.2. The highest BCUT2D eigenvalue weighted by Gasteiger charge is 2.33. The second-order valence-corrected chi connectivity index (χ2v) is 6.37. The fraction of sp³-hybridized carbons (Fsp3) is 0.222. The molecule has 1 fully saturated rings. The maximum atomic E-state index is 13.8. The zero-order valence-electron chi connectivity index (χ0n) is 13.9. The summed E-state index contributed by atoms with van der Waals surface area (Å²) < 4.78 is 29.6. The van der Waals surface area contributed by atoms with E-state index in [1.807, 2.05) is 0 Å². The van der Waals surface area contributed by atoms with Gasteiger partial charge in [0, 0.05) is 6.07 Å². The largest absolute Gasteiger partial charge is 0.454 e. The lowest BCUT2D eigenvalue weighted by molar-refractivity contribution is 0.0912. The van der Waals surface area contributed by atoms with Crippen LogP contribution in [0.3, 0.4) is 0 Å². The van der Waals surface area contributed by atoms with Crippen LogP contribution in [0.1, 0.15) is 10.4 Å². The number of hydrogen-bond acceptors (Lipinski definition) is 5. The molecule has 140 valence electrons. The van der Waals surface area contributed by atoms with E-state index in [2.05, 4.69) is 5.32 Å². The molecule has 2 amide bonds. The number of benzene rings is 2. The summed E-state index contributed by atoms with van der Waals surface area (Å²) in [6, 6.07) is 9.10. The van der Waals surface area contributed by atoms with Gasteiger partial charge < -0.3 is 19.5 Å². The Morgan fingerprint density at radius 2 is 2.07 bits per heavy atom. The molecule has 9 heteroatoms. The molecule has 0 aliphatic carbocycles. The molecule has 2 aliphatic heterocycles. The van der Waals surface area contributed by atoms with Gasteiger partial charge in [0.15, 0.2) is 11.5 Å². The van der Waals surface area contributed by atoms with Gasteiger partial charge in [0.2, 0.25) is 6.79 Å². The van der Waals surface area contributed by atoms with Crippen molar-refractivity contribution in [2.24, 2.45) is 0 Å². The molecule has 0 spiro atoms. The average Bonchev–Trinajstić information content (AvgIpc) is 3.25. The minimum atomic E-state index is -0.717. The second kappa shape index (κ2) is 6.96. The number of fused-ring (bicyclic) bond motifs is 1. The molecule has 1 saturated heterocycles. The highest BCUT2D eigenvalue weighted by atomic mass is 35.5. The summed E-state index contributed by atoms with van der Waals surface area (Å²) >= 11 is 5.88. The Morgan fingerprint density at radius 3 is 2.89 bits per heavy atom. The SMILES string of the molecule is O=C(NC[C@H]1CN(c2ccc3c(c2)OCO3)C(=O)O1)c1c(F)cccc1Cl. The van der Waals surface area contributed by atoms with Gasteiger partial charge >= 0.3 is 6.09 Å². The third-order valence-corrected chi connectivity index (χ3v) is 4.54. The van der Waals surface area contributed by atoms with Crippen molar-refractivity contribution in [1.82, 2.24) is 5.32 Å². The molecule has 1 N–H and O–H groups in total. The number of halogens is 2. The molecule has 2 heterocycles. The Kier molecular flexibility index (Phi) is 4.49.